The van der Waals surface area contributed by atoms with Gasteiger partial charge in [0.2, 0.25) is 0 Å². The van der Waals surface area contributed by atoms with Gasteiger partial charge in [-0.25, -0.2) is 9.97 Å². The molecule has 84 valence electrons. The molecular formula is C12H8BrN3S. The summed E-state index contributed by atoms with van der Waals surface area (Å²) in [4.78, 5) is 9.48. The SMILES string of the molecule is Cc1cc(C#N)nc(Sc2cccc(Br)c2)n1. The average Bonchev–Trinajstić information content (AvgIpc) is 2.28. The Morgan fingerprint density at radius 1 is 1.29 bits per heavy atom. The van der Waals surface area contributed by atoms with Crippen molar-refractivity contribution in [2.24, 2.45) is 0 Å². The van der Waals surface area contributed by atoms with E-state index in [1.165, 1.54) is 11.8 Å². The second-order valence-corrected chi connectivity index (χ2v) is 5.30. The van der Waals surface area contributed by atoms with Crippen LogP contribution in [0.4, 0.5) is 0 Å². The highest BCUT2D eigenvalue weighted by atomic mass is 79.9. The molecule has 5 heteroatoms. The van der Waals surface area contributed by atoms with Gasteiger partial charge in [-0.2, -0.15) is 5.26 Å². The quantitative estimate of drug-likeness (QED) is 0.796. The molecule has 0 fully saturated rings. The lowest BCUT2D eigenvalue weighted by Crippen LogP contribution is -1.93. The van der Waals surface area contributed by atoms with Crippen molar-refractivity contribution >= 4 is 27.7 Å². The molecule has 0 aliphatic rings. The normalized spacial score (nSPS) is 9.94. The van der Waals surface area contributed by atoms with E-state index >= 15 is 0 Å². The predicted octanol–water partition coefficient (Wildman–Crippen LogP) is 3.57. The lowest BCUT2D eigenvalue weighted by Gasteiger charge is -2.02. The van der Waals surface area contributed by atoms with Crippen LogP contribution in [0.1, 0.15) is 11.4 Å². The maximum atomic E-state index is 8.84. The van der Waals surface area contributed by atoms with Crippen LogP contribution in [0.25, 0.3) is 0 Å². The number of nitriles is 1. The third-order valence-corrected chi connectivity index (χ3v) is 3.30. The molecular weight excluding hydrogens is 298 g/mol. The molecule has 1 aromatic carbocycles. The van der Waals surface area contributed by atoms with Gasteiger partial charge in [-0.05, 0) is 43.0 Å². The third-order valence-electron chi connectivity index (χ3n) is 1.95. The first-order valence-corrected chi connectivity index (χ1v) is 6.47. The standard InChI is InChI=1S/C12H8BrN3S/c1-8-5-10(7-14)16-12(15-8)17-11-4-2-3-9(13)6-11/h2-6H,1H3. The monoisotopic (exact) mass is 305 g/mol. The number of aromatic nitrogens is 2. The molecule has 2 aromatic rings. The molecule has 0 atom stereocenters. The highest BCUT2D eigenvalue weighted by molar-refractivity contribution is 9.10. The first kappa shape index (κ1) is 12.1. The van der Waals surface area contributed by atoms with Crippen molar-refractivity contribution in [1.29, 1.82) is 5.26 Å². The summed E-state index contributed by atoms with van der Waals surface area (Å²) in [5.41, 5.74) is 1.20. The van der Waals surface area contributed by atoms with E-state index in [0.717, 1.165) is 15.1 Å². The second kappa shape index (κ2) is 5.30. The molecule has 0 saturated heterocycles. The number of hydrogen-bond acceptors (Lipinski definition) is 4. The van der Waals surface area contributed by atoms with Gasteiger partial charge in [-0.3, -0.25) is 0 Å². The zero-order valence-electron chi connectivity index (χ0n) is 9.01. The molecule has 0 saturated carbocycles. The van der Waals surface area contributed by atoms with Crippen molar-refractivity contribution in [2.75, 3.05) is 0 Å². The van der Waals surface area contributed by atoms with Gasteiger partial charge in [0.15, 0.2) is 5.16 Å². The van der Waals surface area contributed by atoms with Crippen molar-refractivity contribution < 1.29 is 0 Å². The maximum Gasteiger partial charge on any atom is 0.193 e. The molecule has 0 spiro atoms. The highest BCUT2D eigenvalue weighted by Crippen LogP contribution is 2.27. The van der Waals surface area contributed by atoms with E-state index in [2.05, 4.69) is 25.9 Å². The van der Waals surface area contributed by atoms with Crippen molar-refractivity contribution in [3.63, 3.8) is 0 Å². The largest absolute Gasteiger partial charge is 0.228 e. The predicted molar refractivity (Wildman–Crippen MR) is 69.7 cm³/mol. The first-order chi connectivity index (χ1) is 8.17. The van der Waals surface area contributed by atoms with Crippen LogP contribution in [0, 0.1) is 18.3 Å². The van der Waals surface area contributed by atoms with Crippen LogP contribution in [0.3, 0.4) is 0 Å². The average molecular weight is 306 g/mol. The molecule has 1 heterocycles. The summed E-state index contributed by atoms with van der Waals surface area (Å²) in [7, 11) is 0. The van der Waals surface area contributed by atoms with Crippen LogP contribution < -0.4 is 0 Å². The number of nitrogens with zero attached hydrogens (tertiary/aromatic N) is 3. The van der Waals surface area contributed by atoms with E-state index in [0.29, 0.717) is 10.9 Å². The van der Waals surface area contributed by atoms with Gasteiger partial charge in [-0.1, -0.05) is 22.0 Å². The molecule has 2 rings (SSSR count). The van der Waals surface area contributed by atoms with Crippen molar-refractivity contribution in [1.82, 2.24) is 9.97 Å². The van der Waals surface area contributed by atoms with E-state index < -0.39 is 0 Å². The minimum Gasteiger partial charge on any atom is -0.228 e. The summed E-state index contributed by atoms with van der Waals surface area (Å²) >= 11 is 4.85. The Labute approximate surface area is 112 Å². The van der Waals surface area contributed by atoms with Crippen molar-refractivity contribution in [3.8, 4) is 6.07 Å². The van der Waals surface area contributed by atoms with Crippen molar-refractivity contribution in [3.05, 3.63) is 46.2 Å². The minimum atomic E-state index is 0.398. The Morgan fingerprint density at radius 3 is 2.82 bits per heavy atom. The Morgan fingerprint density at radius 2 is 2.12 bits per heavy atom. The van der Waals surface area contributed by atoms with E-state index in [-0.39, 0.29) is 0 Å². The van der Waals surface area contributed by atoms with Crippen LogP contribution in [-0.4, -0.2) is 9.97 Å². The van der Waals surface area contributed by atoms with E-state index in [9.17, 15) is 0 Å². The summed E-state index contributed by atoms with van der Waals surface area (Å²) in [5.74, 6) is 0. The summed E-state index contributed by atoms with van der Waals surface area (Å²) in [6, 6.07) is 11.6. The Bertz CT molecular complexity index is 593. The molecule has 1 aromatic heterocycles. The summed E-state index contributed by atoms with van der Waals surface area (Å²) in [6.45, 7) is 1.85. The molecule has 0 unspecified atom stereocenters. The van der Waals surface area contributed by atoms with E-state index in [1.807, 2.05) is 37.3 Å². The first-order valence-electron chi connectivity index (χ1n) is 4.86. The fraction of sp³-hybridized carbons (Fsp3) is 0.0833. The Hall–Kier alpha value is -1.38. The smallest absolute Gasteiger partial charge is 0.193 e. The number of aryl methyl sites for hydroxylation is 1. The van der Waals surface area contributed by atoms with Gasteiger partial charge in [0.1, 0.15) is 11.8 Å². The number of halogens is 1. The molecule has 17 heavy (non-hydrogen) atoms. The van der Waals surface area contributed by atoms with Crippen LogP contribution in [-0.2, 0) is 0 Å². The fourth-order valence-electron chi connectivity index (χ4n) is 1.28. The highest BCUT2D eigenvalue weighted by Gasteiger charge is 2.04. The summed E-state index contributed by atoms with van der Waals surface area (Å²) in [6.07, 6.45) is 0. The van der Waals surface area contributed by atoms with Gasteiger partial charge in [-0.15, -0.1) is 0 Å². The maximum absolute atomic E-state index is 8.84. The third kappa shape index (κ3) is 3.29. The van der Waals surface area contributed by atoms with Gasteiger partial charge in [0.05, 0.1) is 0 Å². The summed E-state index contributed by atoms with van der Waals surface area (Å²) in [5, 5.41) is 9.44. The molecule has 0 aliphatic heterocycles. The minimum absolute atomic E-state index is 0.398. The van der Waals surface area contributed by atoms with E-state index in [1.54, 1.807) is 6.07 Å². The van der Waals surface area contributed by atoms with Crippen LogP contribution in [0.2, 0.25) is 0 Å². The molecule has 0 radical (unpaired) electrons. The zero-order valence-corrected chi connectivity index (χ0v) is 11.4. The van der Waals surface area contributed by atoms with Gasteiger partial charge < -0.3 is 0 Å². The molecule has 0 amide bonds. The lowest BCUT2D eigenvalue weighted by atomic mass is 10.4. The number of benzene rings is 1. The summed E-state index contributed by atoms with van der Waals surface area (Å²) < 4.78 is 1.01. The van der Waals surface area contributed by atoms with Crippen molar-refractivity contribution in [2.45, 2.75) is 17.0 Å². The molecule has 3 nitrogen and oxygen atoms in total. The number of hydrogen-bond donors (Lipinski definition) is 0. The second-order valence-electron chi connectivity index (χ2n) is 3.35. The van der Waals surface area contributed by atoms with Gasteiger partial charge in [0.25, 0.3) is 0 Å². The molecule has 0 bridgehead atoms. The molecule has 0 N–H and O–H groups in total. The van der Waals surface area contributed by atoms with Gasteiger partial charge in [0, 0.05) is 15.1 Å². The van der Waals surface area contributed by atoms with Crippen LogP contribution >= 0.6 is 27.7 Å². The number of rotatable bonds is 2. The fourth-order valence-corrected chi connectivity index (χ4v) is 2.71. The van der Waals surface area contributed by atoms with Gasteiger partial charge >= 0.3 is 0 Å². The Kier molecular flexibility index (Phi) is 3.77. The van der Waals surface area contributed by atoms with Crippen LogP contribution in [0.15, 0.2) is 44.9 Å². The Balaban J connectivity index is 2.30. The zero-order chi connectivity index (χ0) is 12.3. The molecule has 0 aliphatic carbocycles. The van der Waals surface area contributed by atoms with Crippen LogP contribution in [0.5, 0.6) is 0 Å². The van der Waals surface area contributed by atoms with E-state index in [4.69, 9.17) is 5.26 Å². The topological polar surface area (TPSA) is 49.6 Å². The lowest BCUT2D eigenvalue weighted by molar-refractivity contribution is 0.919.